The van der Waals surface area contributed by atoms with E-state index in [1.807, 2.05) is 0 Å². The zero-order valence-corrected chi connectivity index (χ0v) is 11.5. The Hall–Kier alpha value is -1.83. The maximum Gasteiger partial charge on any atom is 0.332 e. The molecule has 0 saturated carbocycles. The fraction of sp³-hybridized carbons (Fsp3) is 0.750. The molecule has 0 bridgehead atoms. The van der Waals surface area contributed by atoms with Gasteiger partial charge < -0.3 is 25.7 Å². The number of carbonyl (C=O) groups excluding carboxylic acids is 2. The number of rotatable bonds is 6. The molecule has 4 N–H and O–H groups in total. The lowest BCUT2D eigenvalue weighted by molar-refractivity contribution is -0.146. The molecule has 1 saturated heterocycles. The summed E-state index contributed by atoms with van der Waals surface area (Å²) in [7, 11) is 0. The van der Waals surface area contributed by atoms with Crippen LogP contribution in [0.3, 0.4) is 0 Å². The number of hydrogen-bond acceptors (Lipinski definition) is 4. The molecule has 1 heterocycles. The molecule has 0 aromatic rings. The molecule has 2 atom stereocenters. The van der Waals surface area contributed by atoms with Gasteiger partial charge in [0, 0.05) is 26.1 Å². The minimum absolute atomic E-state index is 0.0178. The van der Waals surface area contributed by atoms with Crippen molar-refractivity contribution in [3.8, 4) is 0 Å². The predicted molar refractivity (Wildman–Crippen MR) is 70.1 cm³/mol. The molecule has 1 fully saturated rings. The van der Waals surface area contributed by atoms with E-state index in [4.69, 9.17) is 10.2 Å². The van der Waals surface area contributed by atoms with Crippen LogP contribution in [-0.2, 0) is 9.59 Å². The van der Waals surface area contributed by atoms with E-state index in [9.17, 15) is 14.4 Å². The predicted octanol–water partition coefficient (Wildman–Crippen LogP) is -0.868. The minimum Gasteiger partial charge on any atom is -0.479 e. The first-order valence-electron chi connectivity index (χ1n) is 6.66. The van der Waals surface area contributed by atoms with E-state index in [0.717, 1.165) is 25.9 Å². The fourth-order valence-electron chi connectivity index (χ4n) is 1.97. The third-order valence-electron chi connectivity index (χ3n) is 3.12. The van der Waals surface area contributed by atoms with Gasteiger partial charge in [-0.3, -0.25) is 4.79 Å². The van der Waals surface area contributed by atoms with Crippen LogP contribution in [-0.4, -0.2) is 64.8 Å². The van der Waals surface area contributed by atoms with Crippen LogP contribution in [0, 0.1) is 0 Å². The summed E-state index contributed by atoms with van der Waals surface area (Å²) in [6, 6.07) is -1.18. The smallest absolute Gasteiger partial charge is 0.332 e. The van der Waals surface area contributed by atoms with Crippen LogP contribution in [0.5, 0.6) is 0 Å². The highest BCUT2D eigenvalue weighted by atomic mass is 16.4. The lowest BCUT2D eigenvalue weighted by atomic mass is 10.2. The van der Waals surface area contributed by atoms with Crippen molar-refractivity contribution >= 4 is 17.9 Å². The van der Waals surface area contributed by atoms with E-state index < -0.39 is 24.1 Å². The Kier molecular flexibility index (Phi) is 6.23. The Morgan fingerprint density at radius 2 is 1.85 bits per heavy atom. The Bertz CT molecular complexity index is 368. The first-order valence-corrected chi connectivity index (χ1v) is 6.66. The lowest BCUT2D eigenvalue weighted by Crippen LogP contribution is -2.49. The second-order valence-electron chi connectivity index (χ2n) is 4.80. The summed E-state index contributed by atoms with van der Waals surface area (Å²) in [5.74, 6) is -1.45. The van der Waals surface area contributed by atoms with Crippen molar-refractivity contribution in [2.24, 2.45) is 0 Å². The topological polar surface area (TPSA) is 119 Å². The summed E-state index contributed by atoms with van der Waals surface area (Å²) < 4.78 is 0. The molecule has 1 rings (SSSR count). The average molecular weight is 287 g/mol. The van der Waals surface area contributed by atoms with Crippen LogP contribution in [0.2, 0.25) is 0 Å². The van der Waals surface area contributed by atoms with E-state index in [0.29, 0.717) is 0 Å². The van der Waals surface area contributed by atoms with E-state index in [1.165, 1.54) is 0 Å². The second kappa shape index (κ2) is 7.68. The van der Waals surface area contributed by atoms with E-state index in [2.05, 4.69) is 10.6 Å². The number of aliphatic hydroxyl groups is 1. The van der Waals surface area contributed by atoms with Gasteiger partial charge in [-0.05, 0) is 19.8 Å². The normalized spacial score (nSPS) is 17.4. The van der Waals surface area contributed by atoms with Crippen molar-refractivity contribution in [2.45, 2.75) is 38.3 Å². The molecule has 3 amide bonds. The minimum atomic E-state index is -1.50. The maximum absolute atomic E-state index is 11.9. The molecular formula is C12H21N3O5. The molecule has 0 aliphatic carbocycles. The van der Waals surface area contributed by atoms with Crippen molar-refractivity contribution in [2.75, 3.05) is 19.6 Å². The van der Waals surface area contributed by atoms with Gasteiger partial charge in [0.05, 0.1) is 0 Å². The van der Waals surface area contributed by atoms with Crippen LogP contribution in [0.25, 0.3) is 0 Å². The number of carboxylic acids is 1. The number of hydrogen-bond donors (Lipinski definition) is 4. The van der Waals surface area contributed by atoms with Crippen LogP contribution < -0.4 is 10.6 Å². The molecule has 0 spiro atoms. The van der Waals surface area contributed by atoms with Crippen molar-refractivity contribution in [1.82, 2.24) is 15.5 Å². The van der Waals surface area contributed by atoms with E-state index in [1.54, 1.807) is 11.8 Å². The third kappa shape index (κ3) is 5.04. The summed E-state index contributed by atoms with van der Waals surface area (Å²) in [4.78, 5) is 35.5. The van der Waals surface area contributed by atoms with Gasteiger partial charge in [-0.1, -0.05) is 0 Å². The van der Waals surface area contributed by atoms with Crippen LogP contribution >= 0.6 is 0 Å². The highest BCUT2D eigenvalue weighted by Crippen LogP contribution is 2.08. The molecule has 20 heavy (non-hydrogen) atoms. The zero-order valence-electron chi connectivity index (χ0n) is 11.5. The van der Waals surface area contributed by atoms with Gasteiger partial charge in [-0.2, -0.15) is 0 Å². The summed E-state index contributed by atoms with van der Waals surface area (Å²) in [6.45, 7) is 3.06. The quantitative estimate of drug-likeness (QED) is 0.506. The van der Waals surface area contributed by atoms with Gasteiger partial charge in [-0.15, -0.1) is 0 Å². The number of nitrogens with one attached hydrogen (secondary N) is 2. The third-order valence-corrected chi connectivity index (χ3v) is 3.12. The Balaban J connectivity index is 2.23. The molecule has 0 aromatic heterocycles. The van der Waals surface area contributed by atoms with Gasteiger partial charge in [0.2, 0.25) is 5.91 Å². The fourth-order valence-corrected chi connectivity index (χ4v) is 1.97. The number of carbonyl (C=O) groups is 3. The standard InChI is InChI=1S/C12H21N3O5/c1-8(10(17)15-6-2-3-7-15)14-12(20)13-5-4-9(16)11(18)19/h8-9,16H,2-7H2,1H3,(H,18,19)(H2,13,14,20)/t8?,9-/m0/s1. The first kappa shape index (κ1) is 16.2. The van der Waals surface area contributed by atoms with Crippen molar-refractivity contribution in [3.63, 3.8) is 0 Å². The number of aliphatic carboxylic acids is 1. The largest absolute Gasteiger partial charge is 0.479 e. The monoisotopic (exact) mass is 287 g/mol. The van der Waals surface area contributed by atoms with Crippen molar-refractivity contribution in [3.05, 3.63) is 0 Å². The summed E-state index contributed by atoms with van der Waals surface area (Å²) >= 11 is 0. The number of carboxylic acid groups (broad SMARTS) is 1. The highest BCUT2D eigenvalue weighted by molar-refractivity contribution is 5.86. The Morgan fingerprint density at radius 1 is 1.25 bits per heavy atom. The molecule has 8 heteroatoms. The van der Waals surface area contributed by atoms with E-state index >= 15 is 0 Å². The Labute approximate surface area is 117 Å². The SMILES string of the molecule is CC(NC(=O)NCC[C@H](O)C(=O)O)C(=O)N1CCCC1. The molecule has 0 radical (unpaired) electrons. The average Bonchev–Trinajstić information content (AvgIpc) is 2.91. The van der Waals surface area contributed by atoms with E-state index in [-0.39, 0.29) is 18.9 Å². The molecule has 1 aliphatic heterocycles. The zero-order chi connectivity index (χ0) is 15.1. The number of aliphatic hydroxyl groups excluding tert-OH is 1. The lowest BCUT2D eigenvalue weighted by Gasteiger charge is -2.21. The molecule has 0 aromatic carbocycles. The van der Waals surface area contributed by atoms with Gasteiger partial charge in [0.15, 0.2) is 6.10 Å². The summed E-state index contributed by atoms with van der Waals surface area (Å²) in [5.41, 5.74) is 0. The molecule has 1 unspecified atom stereocenters. The number of urea groups is 1. The summed E-state index contributed by atoms with van der Waals surface area (Å²) in [6.07, 6.45) is 0.381. The second-order valence-corrected chi connectivity index (χ2v) is 4.80. The van der Waals surface area contributed by atoms with Crippen LogP contribution in [0.4, 0.5) is 4.79 Å². The molecule has 114 valence electrons. The van der Waals surface area contributed by atoms with Crippen molar-refractivity contribution < 1.29 is 24.6 Å². The number of likely N-dealkylation sites (tertiary alicyclic amines) is 1. The molecular weight excluding hydrogens is 266 g/mol. The first-order chi connectivity index (χ1) is 9.41. The number of nitrogens with zero attached hydrogens (tertiary/aromatic N) is 1. The molecule has 8 nitrogen and oxygen atoms in total. The van der Waals surface area contributed by atoms with Crippen LogP contribution in [0.1, 0.15) is 26.2 Å². The van der Waals surface area contributed by atoms with Gasteiger partial charge in [-0.25, -0.2) is 9.59 Å². The van der Waals surface area contributed by atoms with Gasteiger partial charge in [0.1, 0.15) is 6.04 Å². The van der Waals surface area contributed by atoms with Crippen LogP contribution in [0.15, 0.2) is 0 Å². The highest BCUT2D eigenvalue weighted by Gasteiger charge is 2.24. The maximum atomic E-state index is 11.9. The number of amides is 3. The Morgan fingerprint density at radius 3 is 2.40 bits per heavy atom. The van der Waals surface area contributed by atoms with Crippen molar-refractivity contribution in [1.29, 1.82) is 0 Å². The van der Waals surface area contributed by atoms with Gasteiger partial charge in [0.25, 0.3) is 0 Å². The molecule has 1 aliphatic rings. The summed E-state index contributed by atoms with van der Waals surface area (Å²) in [5, 5.41) is 22.4. The van der Waals surface area contributed by atoms with Gasteiger partial charge >= 0.3 is 12.0 Å².